The molecule has 0 fully saturated rings. The highest BCUT2D eigenvalue weighted by Crippen LogP contribution is 2.21. The van der Waals surface area contributed by atoms with Crippen LogP contribution in [0.1, 0.15) is 33.3 Å². The van der Waals surface area contributed by atoms with Crippen LogP contribution in [0.25, 0.3) is 0 Å². The highest BCUT2D eigenvalue weighted by molar-refractivity contribution is 7.91. The summed E-state index contributed by atoms with van der Waals surface area (Å²) in [5, 5.41) is 4.88. The Hall–Kier alpha value is -2.09. The summed E-state index contributed by atoms with van der Waals surface area (Å²) < 4.78 is 23.5. The van der Waals surface area contributed by atoms with E-state index in [-0.39, 0.29) is 5.75 Å². The fraction of sp³-hybridized carbons (Fsp3) is 0.467. The van der Waals surface area contributed by atoms with Crippen LogP contribution < -0.4 is 16.4 Å². The molecule has 23 heavy (non-hydrogen) atoms. The van der Waals surface area contributed by atoms with Crippen LogP contribution in [-0.4, -0.2) is 31.1 Å². The largest absolute Gasteiger partial charge is 0.374 e. The summed E-state index contributed by atoms with van der Waals surface area (Å²) in [5.41, 5.74) is 6.18. The van der Waals surface area contributed by atoms with E-state index in [0.717, 1.165) is 0 Å². The molecule has 1 rings (SSSR count). The third-order valence-electron chi connectivity index (χ3n) is 3.27. The minimum absolute atomic E-state index is 0.0471. The number of primary amides is 1. The molecule has 0 saturated carbocycles. The molecule has 0 heterocycles. The second-order valence-electron chi connectivity index (χ2n) is 6.29. The molecule has 0 aromatic heterocycles. The first-order valence-electron chi connectivity index (χ1n) is 7.10. The average Bonchev–Trinajstić information content (AvgIpc) is 2.38. The zero-order valence-corrected chi connectivity index (χ0v) is 14.5. The molecule has 0 aliphatic rings. The van der Waals surface area contributed by atoms with Gasteiger partial charge in [-0.3, -0.25) is 10.1 Å². The zero-order valence-electron chi connectivity index (χ0n) is 13.7. The second kappa shape index (κ2) is 6.99. The van der Waals surface area contributed by atoms with Crippen molar-refractivity contribution < 1.29 is 18.0 Å². The molecule has 0 bridgehead atoms. The first kappa shape index (κ1) is 19.0. The van der Waals surface area contributed by atoms with Crippen molar-refractivity contribution in [3.8, 4) is 0 Å². The van der Waals surface area contributed by atoms with Gasteiger partial charge in [0.25, 0.3) is 0 Å². The van der Waals surface area contributed by atoms with E-state index in [1.165, 1.54) is 0 Å². The van der Waals surface area contributed by atoms with Crippen LogP contribution in [0, 0.1) is 0 Å². The van der Waals surface area contributed by atoms with Crippen LogP contribution in [0.3, 0.4) is 0 Å². The molecule has 0 spiro atoms. The minimum atomic E-state index is -3.25. The number of imide groups is 1. The van der Waals surface area contributed by atoms with Gasteiger partial charge in [0.05, 0.1) is 10.5 Å². The Morgan fingerprint density at radius 1 is 1.17 bits per heavy atom. The van der Waals surface area contributed by atoms with Gasteiger partial charge in [-0.05, 0) is 45.4 Å². The highest BCUT2D eigenvalue weighted by atomic mass is 32.2. The standard InChI is InChI=1S/C15H23N3O4S/c1-10(13(19)18-14(16)20)17-12-7-5-11(6-8-12)9-23(21,22)15(2,3)4/h5-8,10,17H,9H2,1-4H3,(H3,16,18,19,20). The fourth-order valence-electron chi connectivity index (χ4n) is 1.68. The Labute approximate surface area is 136 Å². The van der Waals surface area contributed by atoms with Crippen molar-refractivity contribution in [2.45, 2.75) is 44.2 Å². The van der Waals surface area contributed by atoms with Crippen molar-refractivity contribution in [1.29, 1.82) is 0 Å². The van der Waals surface area contributed by atoms with Gasteiger partial charge >= 0.3 is 6.03 Å². The van der Waals surface area contributed by atoms with Gasteiger partial charge in [0, 0.05) is 5.69 Å². The third kappa shape index (κ3) is 5.55. The summed E-state index contributed by atoms with van der Waals surface area (Å²) in [5.74, 6) is -0.592. The van der Waals surface area contributed by atoms with Crippen molar-refractivity contribution in [3.05, 3.63) is 29.8 Å². The quantitative estimate of drug-likeness (QED) is 0.748. The van der Waals surface area contributed by atoms with E-state index in [0.29, 0.717) is 11.3 Å². The monoisotopic (exact) mass is 341 g/mol. The van der Waals surface area contributed by atoms with E-state index in [2.05, 4.69) is 5.32 Å². The molecule has 4 N–H and O–H groups in total. The van der Waals surface area contributed by atoms with Crippen molar-refractivity contribution >= 4 is 27.5 Å². The number of nitrogens with two attached hydrogens (primary N) is 1. The average molecular weight is 341 g/mol. The first-order valence-corrected chi connectivity index (χ1v) is 8.75. The van der Waals surface area contributed by atoms with Crippen molar-refractivity contribution in [3.63, 3.8) is 0 Å². The molecule has 8 heteroatoms. The molecule has 3 amide bonds. The molecule has 1 aromatic carbocycles. The lowest BCUT2D eigenvalue weighted by molar-refractivity contribution is -0.120. The number of carbonyl (C=O) groups excluding carboxylic acids is 2. The topological polar surface area (TPSA) is 118 Å². The number of anilines is 1. The molecule has 7 nitrogen and oxygen atoms in total. The molecule has 0 aliphatic heterocycles. The smallest absolute Gasteiger partial charge is 0.318 e. The SMILES string of the molecule is CC(Nc1ccc(CS(=O)(=O)C(C)(C)C)cc1)C(=O)NC(N)=O. The van der Waals surface area contributed by atoms with Gasteiger partial charge in [-0.25, -0.2) is 13.2 Å². The van der Waals surface area contributed by atoms with Crippen LogP contribution in [0.4, 0.5) is 10.5 Å². The summed E-state index contributed by atoms with van der Waals surface area (Å²) in [7, 11) is -3.25. The lowest BCUT2D eigenvalue weighted by Crippen LogP contribution is -2.43. The number of urea groups is 1. The summed E-state index contributed by atoms with van der Waals surface area (Å²) in [6, 6.07) is 5.16. The first-order chi connectivity index (χ1) is 10.4. The molecule has 1 aromatic rings. The van der Waals surface area contributed by atoms with Gasteiger partial charge in [0.2, 0.25) is 5.91 Å². The summed E-state index contributed by atoms with van der Waals surface area (Å²) in [6.45, 7) is 6.57. The Kier molecular flexibility index (Phi) is 5.76. The Bertz CT molecular complexity index is 676. The van der Waals surface area contributed by atoms with E-state index >= 15 is 0 Å². The van der Waals surface area contributed by atoms with Gasteiger partial charge in [-0.1, -0.05) is 12.1 Å². The van der Waals surface area contributed by atoms with Gasteiger partial charge in [0.1, 0.15) is 6.04 Å². The third-order valence-corrected chi connectivity index (χ3v) is 5.85. The molecule has 1 atom stereocenters. The summed E-state index contributed by atoms with van der Waals surface area (Å²) in [4.78, 5) is 22.2. The number of benzene rings is 1. The predicted molar refractivity (Wildman–Crippen MR) is 89.6 cm³/mol. The molecular weight excluding hydrogens is 318 g/mol. The van der Waals surface area contributed by atoms with Crippen LogP contribution in [-0.2, 0) is 20.4 Å². The number of rotatable bonds is 5. The number of hydrogen-bond acceptors (Lipinski definition) is 5. The Morgan fingerprint density at radius 3 is 2.13 bits per heavy atom. The fourth-order valence-corrected chi connectivity index (χ4v) is 2.74. The van der Waals surface area contributed by atoms with Gasteiger partial charge in [0.15, 0.2) is 9.84 Å². The number of nitrogens with one attached hydrogen (secondary N) is 2. The minimum Gasteiger partial charge on any atom is -0.374 e. The van der Waals surface area contributed by atoms with E-state index in [1.54, 1.807) is 52.0 Å². The maximum absolute atomic E-state index is 12.2. The molecular formula is C15H23N3O4S. The summed E-state index contributed by atoms with van der Waals surface area (Å²) >= 11 is 0. The van der Waals surface area contributed by atoms with Crippen LogP contribution in [0.5, 0.6) is 0 Å². The zero-order chi connectivity index (χ0) is 17.8. The molecule has 128 valence electrons. The van der Waals surface area contributed by atoms with Crippen LogP contribution in [0.15, 0.2) is 24.3 Å². The molecule has 0 aliphatic carbocycles. The van der Waals surface area contributed by atoms with E-state index in [4.69, 9.17) is 5.73 Å². The van der Waals surface area contributed by atoms with Gasteiger partial charge in [-0.15, -0.1) is 0 Å². The van der Waals surface area contributed by atoms with E-state index in [1.807, 2.05) is 5.32 Å². The second-order valence-corrected chi connectivity index (χ2v) is 9.03. The highest BCUT2D eigenvalue weighted by Gasteiger charge is 2.28. The molecule has 0 saturated heterocycles. The summed E-state index contributed by atoms with van der Waals surface area (Å²) in [6.07, 6.45) is 0. The number of hydrogen-bond donors (Lipinski definition) is 3. The van der Waals surface area contributed by atoms with Crippen molar-refractivity contribution in [2.24, 2.45) is 5.73 Å². The van der Waals surface area contributed by atoms with E-state index in [9.17, 15) is 18.0 Å². The van der Waals surface area contributed by atoms with Gasteiger partial charge in [-0.2, -0.15) is 0 Å². The number of carbonyl (C=O) groups is 2. The number of amides is 3. The maximum Gasteiger partial charge on any atom is 0.318 e. The molecule has 1 unspecified atom stereocenters. The molecule has 0 radical (unpaired) electrons. The van der Waals surface area contributed by atoms with Crippen LogP contribution in [0.2, 0.25) is 0 Å². The normalized spacial score (nSPS) is 13.2. The van der Waals surface area contributed by atoms with Crippen molar-refractivity contribution in [1.82, 2.24) is 5.32 Å². The van der Waals surface area contributed by atoms with Gasteiger partial charge < -0.3 is 11.1 Å². The number of sulfone groups is 1. The Balaban J connectivity index is 2.74. The lowest BCUT2D eigenvalue weighted by Gasteiger charge is -2.19. The van der Waals surface area contributed by atoms with Crippen molar-refractivity contribution in [2.75, 3.05) is 5.32 Å². The van der Waals surface area contributed by atoms with E-state index < -0.39 is 32.6 Å². The predicted octanol–water partition coefficient (Wildman–Crippen LogP) is 1.40. The maximum atomic E-state index is 12.2. The van der Waals surface area contributed by atoms with Crippen LogP contribution >= 0.6 is 0 Å². The lowest BCUT2D eigenvalue weighted by atomic mass is 10.2. The Morgan fingerprint density at radius 2 is 1.70 bits per heavy atom.